The minimum absolute atomic E-state index is 0.190. The third-order valence-corrected chi connectivity index (χ3v) is 4.54. The van der Waals surface area contributed by atoms with E-state index in [0.29, 0.717) is 25.6 Å². The number of benzene rings is 2. The van der Waals surface area contributed by atoms with Crippen molar-refractivity contribution < 1.29 is 19.0 Å². The van der Waals surface area contributed by atoms with Gasteiger partial charge in [0.15, 0.2) is 0 Å². The maximum atomic E-state index is 12.1. The Balaban J connectivity index is 1.64. The minimum Gasteiger partial charge on any atom is -0.428 e. The molecule has 0 bridgehead atoms. The number of cyclic esters (lactones) is 1. The zero-order chi connectivity index (χ0) is 19.1. The average molecular weight is 366 g/mol. The van der Waals surface area contributed by atoms with Gasteiger partial charge in [-0.05, 0) is 23.1 Å². The molecule has 27 heavy (non-hydrogen) atoms. The summed E-state index contributed by atoms with van der Waals surface area (Å²) in [7, 11) is 0. The highest BCUT2D eigenvalue weighted by molar-refractivity contribution is 5.78. The van der Waals surface area contributed by atoms with Crippen LogP contribution in [-0.2, 0) is 32.2 Å². The Hall–Kier alpha value is -2.43. The molecule has 2 aromatic rings. The van der Waals surface area contributed by atoms with Crippen LogP contribution in [0.1, 0.15) is 25.0 Å². The minimum atomic E-state index is -0.415. The summed E-state index contributed by atoms with van der Waals surface area (Å²) in [6.45, 7) is 5.27. The van der Waals surface area contributed by atoms with Crippen molar-refractivity contribution in [3.8, 4) is 0 Å². The van der Waals surface area contributed by atoms with E-state index in [1.165, 1.54) is 0 Å². The van der Waals surface area contributed by atoms with Crippen molar-refractivity contribution >= 4 is 5.97 Å². The third kappa shape index (κ3) is 5.52. The monoisotopic (exact) mass is 366 g/mol. The average Bonchev–Trinajstić information content (AvgIpc) is 3.08. The van der Waals surface area contributed by atoms with Crippen molar-refractivity contribution in [2.24, 2.45) is 11.8 Å². The van der Waals surface area contributed by atoms with Crippen LogP contribution in [0.5, 0.6) is 0 Å². The molecular formula is C23H26O4. The van der Waals surface area contributed by atoms with E-state index in [4.69, 9.17) is 14.2 Å². The molecule has 142 valence electrons. The summed E-state index contributed by atoms with van der Waals surface area (Å²) >= 11 is 0. The first-order valence-electron chi connectivity index (χ1n) is 9.34. The van der Waals surface area contributed by atoms with Crippen molar-refractivity contribution in [2.75, 3.05) is 6.61 Å². The molecule has 4 heteroatoms. The predicted molar refractivity (Wildman–Crippen MR) is 104 cm³/mol. The number of carbonyl (C=O) groups excluding carboxylic acids is 1. The van der Waals surface area contributed by atoms with Gasteiger partial charge < -0.3 is 14.2 Å². The molecule has 1 aliphatic heterocycles. The SMILES string of the molecule is CC(C)C1C=C(C(COCc2ccccc2)OCc2ccccc2)OC1=O. The van der Waals surface area contributed by atoms with E-state index in [-0.39, 0.29) is 17.8 Å². The molecule has 0 saturated heterocycles. The second-order valence-electron chi connectivity index (χ2n) is 7.05. The van der Waals surface area contributed by atoms with Gasteiger partial charge in [0.1, 0.15) is 11.9 Å². The smallest absolute Gasteiger partial charge is 0.318 e. The first kappa shape index (κ1) is 19.3. The van der Waals surface area contributed by atoms with Gasteiger partial charge in [0.25, 0.3) is 0 Å². The number of carbonyl (C=O) groups is 1. The molecule has 4 nitrogen and oxygen atoms in total. The first-order chi connectivity index (χ1) is 13.1. The second kappa shape index (κ2) is 9.49. The Labute approximate surface area is 160 Å². The molecule has 2 atom stereocenters. The van der Waals surface area contributed by atoms with Crippen molar-refractivity contribution in [1.82, 2.24) is 0 Å². The van der Waals surface area contributed by atoms with E-state index in [2.05, 4.69) is 0 Å². The molecule has 0 amide bonds. The van der Waals surface area contributed by atoms with Crippen LogP contribution in [0.25, 0.3) is 0 Å². The van der Waals surface area contributed by atoms with E-state index >= 15 is 0 Å². The molecule has 0 N–H and O–H groups in total. The van der Waals surface area contributed by atoms with E-state index in [1.807, 2.05) is 80.6 Å². The van der Waals surface area contributed by atoms with Gasteiger partial charge in [0, 0.05) is 0 Å². The normalized spacial score (nSPS) is 17.7. The largest absolute Gasteiger partial charge is 0.428 e. The van der Waals surface area contributed by atoms with Gasteiger partial charge >= 0.3 is 5.97 Å². The molecule has 0 saturated carbocycles. The lowest BCUT2D eigenvalue weighted by Crippen LogP contribution is -2.23. The molecule has 2 aromatic carbocycles. The van der Waals surface area contributed by atoms with Crippen LogP contribution in [0.3, 0.4) is 0 Å². The number of hydrogen-bond donors (Lipinski definition) is 0. The third-order valence-electron chi connectivity index (χ3n) is 4.54. The molecule has 0 spiro atoms. The summed E-state index contributed by atoms with van der Waals surface area (Å²) in [4.78, 5) is 12.1. The lowest BCUT2D eigenvalue weighted by atomic mass is 9.96. The summed E-state index contributed by atoms with van der Waals surface area (Å²) < 4.78 is 17.4. The van der Waals surface area contributed by atoms with Crippen molar-refractivity contribution in [2.45, 2.75) is 33.2 Å². The van der Waals surface area contributed by atoms with Crippen molar-refractivity contribution in [3.63, 3.8) is 0 Å². The Morgan fingerprint density at radius 1 is 0.926 bits per heavy atom. The van der Waals surface area contributed by atoms with Crippen LogP contribution in [-0.4, -0.2) is 18.7 Å². The lowest BCUT2D eigenvalue weighted by molar-refractivity contribution is -0.143. The van der Waals surface area contributed by atoms with Gasteiger partial charge in [-0.2, -0.15) is 0 Å². The van der Waals surface area contributed by atoms with Crippen LogP contribution in [0, 0.1) is 11.8 Å². The van der Waals surface area contributed by atoms with Crippen LogP contribution in [0.2, 0.25) is 0 Å². The Kier molecular flexibility index (Phi) is 6.80. The van der Waals surface area contributed by atoms with Crippen LogP contribution in [0.15, 0.2) is 72.5 Å². The Morgan fingerprint density at radius 3 is 2.07 bits per heavy atom. The number of rotatable bonds is 9. The number of esters is 1. The maximum absolute atomic E-state index is 12.1. The molecule has 1 aliphatic rings. The quantitative estimate of drug-likeness (QED) is 0.613. The highest BCUT2D eigenvalue weighted by atomic mass is 16.6. The number of hydrogen-bond acceptors (Lipinski definition) is 4. The van der Waals surface area contributed by atoms with Crippen LogP contribution >= 0.6 is 0 Å². The van der Waals surface area contributed by atoms with E-state index in [1.54, 1.807) is 0 Å². The van der Waals surface area contributed by atoms with E-state index in [0.717, 1.165) is 11.1 Å². The van der Waals surface area contributed by atoms with Gasteiger partial charge in [-0.25, -0.2) is 0 Å². The fraction of sp³-hybridized carbons (Fsp3) is 0.348. The van der Waals surface area contributed by atoms with Gasteiger partial charge in [-0.3, -0.25) is 4.79 Å². The summed E-state index contributed by atoms with van der Waals surface area (Å²) in [6.07, 6.45) is 1.47. The van der Waals surface area contributed by atoms with E-state index in [9.17, 15) is 4.79 Å². The van der Waals surface area contributed by atoms with Crippen LogP contribution in [0.4, 0.5) is 0 Å². The van der Waals surface area contributed by atoms with Crippen molar-refractivity contribution in [1.29, 1.82) is 0 Å². The fourth-order valence-electron chi connectivity index (χ4n) is 2.94. The topological polar surface area (TPSA) is 44.8 Å². The lowest BCUT2D eigenvalue weighted by Gasteiger charge is -2.18. The molecule has 0 fully saturated rings. The zero-order valence-corrected chi connectivity index (χ0v) is 15.8. The zero-order valence-electron chi connectivity index (χ0n) is 15.8. The number of ether oxygens (including phenoxy) is 3. The standard InChI is InChI=1S/C23H26O4/c1-17(2)20-13-21(27-23(20)24)22(26-15-19-11-7-4-8-12-19)16-25-14-18-9-5-3-6-10-18/h3-13,17,20,22H,14-16H2,1-2H3. The molecule has 0 aliphatic carbocycles. The highest BCUT2D eigenvalue weighted by Gasteiger charge is 2.33. The van der Waals surface area contributed by atoms with Gasteiger partial charge in [0.2, 0.25) is 0 Å². The summed E-state index contributed by atoms with van der Waals surface area (Å²) in [5.74, 6) is 0.311. The summed E-state index contributed by atoms with van der Waals surface area (Å²) in [6, 6.07) is 19.9. The maximum Gasteiger partial charge on any atom is 0.318 e. The summed E-state index contributed by atoms with van der Waals surface area (Å²) in [5, 5.41) is 0. The molecular weight excluding hydrogens is 340 g/mol. The summed E-state index contributed by atoms with van der Waals surface area (Å²) in [5.41, 5.74) is 2.16. The fourth-order valence-corrected chi connectivity index (χ4v) is 2.94. The van der Waals surface area contributed by atoms with Gasteiger partial charge in [0.05, 0.1) is 25.7 Å². The van der Waals surface area contributed by atoms with Gasteiger partial charge in [-0.15, -0.1) is 0 Å². The Morgan fingerprint density at radius 2 is 1.52 bits per heavy atom. The van der Waals surface area contributed by atoms with Crippen molar-refractivity contribution in [3.05, 3.63) is 83.6 Å². The molecule has 0 aromatic heterocycles. The molecule has 1 heterocycles. The Bertz CT molecular complexity index is 752. The first-order valence-corrected chi connectivity index (χ1v) is 9.34. The second-order valence-corrected chi connectivity index (χ2v) is 7.05. The van der Waals surface area contributed by atoms with Gasteiger partial charge in [-0.1, -0.05) is 74.5 Å². The molecule has 0 radical (unpaired) electrons. The molecule has 3 rings (SSSR count). The molecule has 2 unspecified atom stereocenters. The highest BCUT2D eigenvalue weighted by Crippen LogP contribution is 2.28. The predicted octanol–water partition coefficient (Wildman–Crippen LogP) is 4.50. The van der Waals surface area contributed by atoms with Crippen LogP contribution < -0.4 is 0 Å². The van der Waals surface area contributed by atoms with E-state index < -0.39 is 6.10 Å².